The Morgan fingerprint density at radius 2 is 1.83 bits per heavy atom. The molecule has 86 valence electrons. The van der Waals surface area contributed by atoms with Gasteiger partial charge in [-0.3, -0.25) is 4.79 Å². The van der Waals surface area contributed by atoms with E-state index in [1.807, 2.05) is 18.2 Å². The van der Waals surface area contributed by atoms with Gasteiger partial charge in [-0.15, -0.1) is 0 Å². The van der Waals surface area contributed by atoms with Gasteiger partial charge in [0.2, 0.25) is 4.91 Å². The maximum atomic E-state index is 12.3. The lowest BCUT2D eigenvalue weighted by Gasteiger charge is -2.01. The fourth-order valence-corrected chi connectivity index (χ4v) is 2.03. The van der Waals surface area contributed by atoms with Gasteiger partial charge in [0.1, 0.15) is 5.53 Å². The number of aromatic amines is 1. The molecule has 3 aromatic rings. The molecule has 2 N–H and O–H groups in total. The van der Waals surface area contributed by atoms with E-state index in [1.165, 1.54) is 0 Å². The highest BCUT2D eigenvalue weighted by Crippen LogP contribution is 2.19. The van der Waals surface area contributed by atoms with Crippen molar-refractivity contribution in [1.29, 1.82) is 5.53 Å². The molecule has 1 heterocycles. The van der Waals surface area contributed by atoms with Crippen LogP contribution < -0.4 is 10.3 Å². The first-order chi connectivity index (χ1) is 8.79. The number of aromatic nitrogens is 1. The van der Waals surface area contributed by atoms with Crippen LogP contribution in [0, 0.1) is 5.53 Å². The molecule has 0 spiro atoms. The maximum Gasteiger partial charge on any atom is 0.220 e. The molecule has 2 aromatic carbocycles. The summed E-state index contributed by atoms with van der Waals surface area (Å²) in [6.45, 7) is 0. The van der Waals surface area contributed by atoms with Gasteiger partial charge in [0.05, 0.1) is 0 Å². The number of pyridine rings is 1. The molecule has 0 atom stereocenters. The lowest BCUT2D eigenvalue weighted by molar-refractivity contribution is 0.993. The normalized spacial score (nSPS) is 10.4. The van der Waals surface area contributed by atoms with Crippen molar-refractivity contribution in [3.63, 3.8) is 0 Å². The van der Waals surface area contributed by atoms with E-state index in [2.05, 4.69) is 15.0 Å². The topological polar surface area (TPSA) is 83.2 Å². The van der Waals surface area contributed by atoms with Crippen LogP contribution in [0.3, 0.4) is 0 Å². The summed E-state index contributed by atoms with van der Waals surface area (Å²) in [5, 5.41) is 4.81. The molecule has 0 saturated carbocycles. The van der Waals surface area contributed by atoms with Crippen LogP contribution in [0.4, 0.5) is 5.69 Å². The molecule has 0 aliphatic heterocycles. The average molecular weight is 237 g/mol. The minimum Gasteiger partial charge on any atom is -0.354 e. The van der Waals surface area contributed by atoms with Crippen LogP contribution in [0.15, 0.2) is 52.4 Å². The minimum atomic E-state index is -0.0404. The average Bonchev–Trinajstić information content (AvgIpc) is 2.40. The Kier molecular flexibility index (Phi) is 2.25. The summed E-state index contributed by atoms with van der Waals surface area (Å²) in [5.74, 6) is 0. The van der Waals surface area contributed by atoms with E-state index in [4.69, 9.17) is 5.53 Å². The van der Waals surface area contributed by atoms with Crippen molar-refractivity contribution < 1.29 is 0 Å². The molecule has 0 aliphatic rings. The Hall–Kier alpha value is -2.78. The maximum absolute atomic E-state index is 12.3. The molecule has 1 aromatic heterocycles. The van der Waals surface area contributed by atoms with E-state index in [-0.39, 0.29) is 5.43 Å². The summed E-state index contributed by atoms with van der Waals surface area (Å²) in [6, 6.07) is 12.5. The molecule has 0 radical (unpaired) electrons. The van der Waals surface area contributed by atoms with Crippen LogP contribution in [0.1, 0.15) is 0 Å². The number of hydrogen-bond donors (Lipinski definition) is 2. The van der Waals surface area contributed by atoms with Crippen LogP contribution in [0.5, 0.6) is 0 Å². The van der Waals surface area contributed by atoms with Gasteiger partial charge in [-0.1, -0.05) is 12.1 Å². The van der Waals surface area contributed by atoms with Crippen molar-refractivity contribution in [2.75, 3.05) is 0 Å². The van der Waals surface area contributed by atoms with E-state index >= 15 is 0 Å². The second-order valence-electron chi connectivity index (χ2n) is 3.93. The van der Waals surface area contributed by atoms with E-state index in [9.17, 15) is 4.79 Å². The molecule has 5 heteroatoms. The zero-order valence-corrected chi connectivity index (χ0v) is 9.34. The SMILES string of the molecule is N=[N+]=Nc1ccc2[nH]c3ccccc3c(=O)c2c1. The quantitative estimate of drug-likeness (QED) is 0.380. The predicted molar refractivity (Wildman–Crippen MR) is 69.0 cm³/mol. The third-order valence-electron chi connectivity index (χ3n) is 2.85. The molecule has 0 saturated heterocycles. The van der Waals surface area contributed by atoms with Gasteiger partial charge in [-0.05, 0) is 30.3 Å². The second kappa shape index (κ2) is 3.91. The van der Waals surface area contributed by atoms with Crippen LogP contribution in [-0.4, -0.2) is 4.98 Å². The number of para-hydroxylation sites is 1. The fourth-order valence-electron chi connectivity index (χ4n) is 2.03. The van der Waals surface area contributed by atoms with Crippen molar-refractivity contribution in [1.82, 2.24) is 9.90 Å². The molecule has 0 unspecified atom stereocenters. The number of nitrogens with one attached hydrogen (secondary N) is 2. The first-order valence-corrected chi connectivity index (χ1v) is 5.42. The Balaban J connectivity index is 2.49. The van der Waals surface area contributed by atoms with E-state index in [1.54, 1.807) is 24.3 Å². The Bertz CT molecular complexity index is 860. The zero-order chi connectivity index (χ0) is 12.5. The standard InChI is InChI=1S/C13H8N4O/c14-17-16-8-5-6-12-10(7-8)13(18)9-3-1-2-4-11(9)15-12/h1-7,14H/p+1. The molecular formula is C13H9N4O+. The highest BCUT2D eigenvalue weighted by Gasteiger charge is 2.06. The van der Waals surface area contributed by atoms with Crippen molar-refractivity contribution in [2.24, 2.45) is 5.11 Å². The Morgan fingerprint density at radius 1 is 1.06 bits per heavy atom. The van der Waals surface area contributed by atoms with Crippen LogP contribution in [0.25, 0.3) is 21.8 Å². The Labute approximate surface area is 101 Å². The van der Waals surface area contributed by atoms with Gasteiger partial charge < -0.3 is 4.98 Å². The highest BCUT2D eigenvalue weighted by molar-refractivity contribution is 5.93. The third-order valence-corrected chi connectivity index (χ3v) is 2.85. The number of rotatable bonds is 1. The molecule has 3 rings (SSSR count). The number of H-pyrrole nitrogens is 1. The second-order valence-corrected chi connectivity index (χ2v) is 3.93. The molecule has 0 bridgehead atoms. The summed E-state index contributed by atoms with van der Waals surface area (Å²) in [6.07, 6.45) is 0. The highest BCUT2D eigenvalue weighted by atomic mass is 16.1. The predicted octanol–water partition coefficient (Wildman–Crippen LogP) is 2.86. The molecule has 0 amide bonds. The number of fused-ring (bicyclic) bond motifs is 2. The summed E-state index contributed by atoms with van der Waals surface area (Å²) < 4.78 is 0. The van der Waals surface area contributed by atoms with Gasteiger partial charge in [-0.2, -0.15) is 0 Å². The first kappa shape index (κ1) is 10.4. The number of nitrogens with zero attached hydrogens (tertiary/aromatic N) is 2. The lowest BCUT2D eigenvalue weighted by Crippen LogP contribution is -2.03. The van der Waals surface area contributed by atoms with Gasteiger partial charge in [0, 0.05) is 21.8 Å². The van der Waals surface area contributed by atoms with E-state index in [0.717, 1.165) is 11.0 Å². The molecule has 0 aliphatic carbocycles. The lowest BCUT2D eigenvalue weighted by atomic mass is 10.1. The molecule has 0 fully saturated rings. The van der Waals surface area contributed by atoms with Crippen LogP contribution in [-0.2, 0) is 0 Å². The van der Waals surface area contributed by atoms with Crippen molar-refractivity contribution >= 4 is 27.5 Å². The number of hydrogen-bond acceptors (Lipinski definition) is 3. The summed E-state index contributed by atoms with van der Waals surface area (Å²) in [7, 11) is 0. The molecule has 5 nitrogen and oxygen atoms in total. The van der Waals surface area contributed by atoms with E-state index < -0.39 is 0 Å². The summed E-state index contributed by atoms with van der Waals surface area (Å²) in [5.41, 5.74) is 8.73. The fraction of sp³-hybridized carbons (Fsp3) is 0. The minimum absolute atomic E-state index is 0.0404. The number of benzene rings is 2. The van der Waals surface area contributed by atoms with Gasteiger partial charge in [0.25, 0.3) is 0 Å². The largest absolute Gasteiger partial charge is 0.354 e. The van der Waals surface area contributed by atoms with Crippen molar-refractivity contribution in [3.8, 4) is 0 Å². The van der Waals surface area contributed by atoms with Crippen molar-refractivity contribution in [3.05, 3.63) is 52.7 Å². The van der Waals surface area contributed by atoms with Gasteiger partial charge in [-0.25, -0.2) is 0 Å². The van der Waals surface area contributed by atoms with Crippen LogP contribution >= 0.6 is 0 Å². The summed E-state index contributed by atoms with van der Waals surface area (Å²) in [4.78, 5) is 18.5. The summed E-state index contributed by atoms with van der Waals surface area (Å²) >= 11 is 0. The van der Waals surface area contributed by atoms with Gasteiger partial charge >= 0.3 is 0 Å². The van der Waals surface area contributed by atoms with Gasteiger partial charge in [0.15, 0.2) is 16.2 Å². The van der Waals surface area contributed by atoms with E-state index in [0.29, 0.717) is 16.5 Å². The first-order valence-electron chi connectivity index (χ1n) is 5.42. The van der Waals surface area contributed by atoms with Crippen LogP contribution in [0.2, 0.25) is 0 Å². The Morgan fingerprint density at radius 3 is 2.67 bits per heavy atom. The third kappa shape index (κ3) is 1.50. The molecule has 18 heavy (non-hydrogen) atoms. The molecular weight excluding hydrogens is 228 g/mol. The zero-order valence-electron chi connectivity index (χ0n) is 9.34. The monoisotopic (exact) mass is 237 g/mol. The smallest absolute Gasteiger partial charge is 0.220 e. The van der Waals surface area contributed by atoms with Crippen molar-refractivity contribution in [2.45, 2.75) is 0 Å².